The highest BCUT2D eigenvalue weighted by Crippen LogP contribution is 2.34. The van der Waals surface area contributed by atoms with Crippen LogP contribution in [0.15, 0.2) is 24.3 Å². The molecule has 1 aromatic carbocycles. The second kappa shape index (κ2) is 7.72. The van der Waals surface area contributed by atoms with E-state index in [1.807, 2.05) is 0 Å². The lowest BCUT2D eigenvalue weighted by Crippen LogP contribution is -2.06. The summed E-state index contributed by atoms with van der Waals surface area (Å²) in [6, 6.07) is 9.00. The summed E-state index contributed by atoms with van der Waals surface area (Å²) in [6.45, 7) is 2.14. The van der Waals surface area contributed by atoms with E-state index in [-0.39, 0.29) is 5.97 Å². The average molecular weight is 292 g/mol. The Labute approximate surface area is 126 Å². The number of thioether (sulfide) groups is 1. The maximum atomic E-state index is 11.2. The fraction of sp³-hybridized carbons (Fsp3) is 0.588. The van der Waals surface area contributed by atoms with Gasteiger partial charge in [0.05, 0.1) is 12.9 Å². The molecule has 1 atom stereocenters. The standard InChI is InChI=1S/C17H24O2S/c1-13(20-12-17(18)19-2)14-8-10-16(11-9-14)15-6-4-3-5-7-15/h8-11,13,15H,3-7,12H2,1-2H3. The van der Waals surface area contributed by atoms with Crippen LogP contribution < -0.4 is 0 Å². The predicted molar refractivity (Wildman–Crippen MR) is 85.2 cm³/mol. The first-order valence-electron chi connectivity index (χ1n) is 7.49. The molecule has 0 saturated heterocycles. The Morgan fingerprint density at radius 3 is 2.50 bits per heavy atom. The smallest absolute Gasteiger partial charge is 0.315 e. The van der Waals surface area contributed by atoms with Gasteiger partial charge in [-0.25, -0.2) is 0 Å². The highest BCUT2D eigenvalue weighted by atomic mass is 32.2. The van der Waals surface area contributed by atoms with E-state index in [1.54, 1.807) is 11.8 Å². The largest absolute Gasteiger partial charge is 0.468 e. The van der Waals surface area contributed by atoms with E-state index in [4.69, 9.17) is 0 Å². The molecule has 0 heterocycles. The van der Waals surface area contributed by atoms with E-state index in [1.165, 1.54) is 50.3 Å². The number of hydrogen-bond acceptors (Lipinski definition) is 3. The molecule has 0 aromatic heterocycles. The van der Waals surface area contributed by atoms with Gasteiger partial charge in [0.2, 0.25) is 0 Å². The molecule has 3 heteroatoms. The highest BCUT2D eigenvalue weighted by molar-refractivity contribution is 8.00. The lowest BCUT2D eigenvalue weighted by Gasteiger charge is -2.22. The number of ether oxygens (including phenoxy) is 1. The predicted octanol–water partition coefficient (Wildman–Crippen LogP) is 4.70. The van der Waals surface area contributed by atoms with Crippen molar-refractivity contribution in [2.24, 2.45) is 0 Å². The lowest BCUT2D eigenvalue weighted by atomic mass is 9.84. The number of benzene rings is 1. The molecule has 2 nitrogen and oxygen atoms in total. The Morgan fingerprint density at radius 1 is 1.25 bits per heavy atom. The van der Waals surface area contributed by atoms with Crippen LogP contribution in [0.4, 0.5) is 0 Å². The van der Waals surface area contributed by atoms with Gasteiger partial charge >= 0.3 is 5.97 Å². The number of hydrogen-bond donors (Lipinski definition) is 0. The maximum Gasteiger partial charge on any atom is 0.315 e. The van der Waals surface area contributed by atoms with Gasteiger partial charge in [-0.05, 0) is 36.8 Å². The molecule has 0 spiro atoms. The molecule has 1 unspecified atom stereocenters. The minimum atomic E-state index is -0.152. The van der Waals surface area contributed by atoms with Crippen molar-refractivity contribution in [1.82, 2.24) is 0 Å². The first-order chi connectivity index (χ1) is 9.70. The van der Waals surface area contributed by atoms with Crippen molar-refractivity contribution in [1.29, 1.82) is 0 Å². The topological polar surface area (TPSA) is 26.3 Å². The first-order valence-corrected chi connectivity index (χ1v) is 8.54. The monoisotopic (exact) mass is 292 g/mol. The SMILES string of the molecule is COC(=O)CSC(C)c1ccc(C2CCCCC2)cc1. The third kappa shape index (κ3) is 4.27. The molecule has 1 fully saturated rings. The number of carbonyl (C=O) groups excluding carboxylic acids is 1. The third-order valence-electron chi connectivity index (χ3n) is 4.16. The van der Waals surface area contributed by atoms with Crippen LogP contribution in [0.3, 0.4) is 0 Å². The van der Waals surface area contributed by atoms with E-state index in [0.717, 1.165) is 5.92 Å². The van der Waals surface area contributed by atoms with Crippen LogP contribution in [0.25, 0.3) is 0 Å². The van der Waals surface area contributed by atoms with Crippen molar-refractivity contribution in [3.63, 3.8) is 0 Å². The molecule has 1 aliphatic carbocycles. The Morgan fingerprint density at radius 2 is 1.90 bits per heavy atom. The Kier molecular flexibility index (Phi) is 5.96. The quantitative estimate of drug-likeness (QED) is 0.736. The molecule has 0 bridgehead atoms. The zero-order valence-corrected chi connectivity index (χ0v) is 13.2. The second-order valence-electron chi connectivity index (χ2n) is 5.53. The molecule has 110 valence electrons. The summed E-state index contributed by atoms with van der Waals surface area (Å²) in [4.78, 5) is 11.2. The Hall–Kier alpha value is -0.960. The number of carbonyl (C=O) groups is 1. The van der Waals surface area contributed by atoms with Crippen molar-refractivity contribution >= 4 is 17.7 Å². The zero-order chi connectivity index (χ0) is 14.4. The van der Waals surface area contributed by atoms with Crippen LogP contribution in [-0.4, -0.2) is 18.8 Å². The van der Waals surface area contributed by atoms with E-state index in [0.29, 0.717) is 11.0 Å². The second-order valence-corrected chi connectivity index (χ2v) is 6.86. The molecule has 0 N–H and O–H groups in total. The van der Waals surface area contributed by atoms with E-state index in [9.17, 15) is 4.79 Å². The minimum Gasteiger partial charge on any atom is -0.468 e. The van der Waals surface area contributed by atoms with Crippen LogP contribution in [0.2, 0.25) is 0 Å². The molecule has 0 radical (unpaired) electrons. The van der Waals surface area contributed by atoms with Gasteiger partial charge in [-0.15, -0.1) is 11.8 Å². The van der Waals surface area contributed by atoms with Crippen LogP contribution in [0, 0.1) is 0 Å². The maximum absolute atomic E-state index is 11.2. The lowest BCUT2D eigenvalue weighted by molar-refractivity contribution is -0.137. The van der Waals surface area contributed by atoms with Crippen molar-refractivity contribution < 1.29 is 9.53 Å². The van der Waals surface area contributed by atoms with Gasteiger partial charge in [0, 0.05) is 5.25 Å². The van der Waals surface area contributed by atoms with E-state index in [2.05, 4.69) is 35.9 Å². The number of esters is 1. The summed E-state index contributed by atoms with van der Waals surface area (Å²) >= 11 is 1.63. The van der Waals surface area contributed by atoms with Gasteiger partial charge in [-0.3, -0.25) is 4.79 Å². The summed E-state index contributed by atoms with van der Waals surface area (Å²) in [6.07, 6.45) is 6.82. The fourth-order valence-electron chi connectivity index (χ4n) is 2.82. The zero-order valence-electron chi connectivity index (χ0n) is 12.4. The third-order valence-corrected chi connectivity index (χ3v) is 5.34. The molecule has 0 amide bonds. The van der Waals surface area contributed by atoms with Gasteiger partial charge in [0.25, 0.3) is 0 Å². The van der Waals surface area contributed by atoms with Crippen molar-refractivity contribution in [3.05, 3.63) is 35.4 Å². The van der Waals surface area contributed by atoms with Gasteiger partial charge in [-0.2, -0.15) is 0 Å². The van der Waals surface area contributed by atoms with E-state index >= 15 is 0 Å². The molecular weight excluding hydrogens is 268 g/mol. The summed E-state index contributed by atoms with van der Waals surface area (Å²) in [5, 5.41) is 0.328. The molecule has 1 aromatic rings. The first kappa shape index (κ1) is 15.4. The molecular formula is C17H24O2S. The molecule has 2 rings (SSSR count). The summed E-state index contributed by atoms with van der Waals surface area (Å²) < 4.78 is 4.68. The summed E-state index contributed by atoms with van der Waals surface area (Å²) in [5.74, 6) is 1.03. The summed E-state index contributed by atoms with van der Waals surface area (Å²) in [7, 11) is 1.44. The number of rotatable bonds is 5. The van der Waals surface area contributed by atoms with Crippen molar-refractivity contribution in [3.8, 4) is 0 Å². The van der Waals surface area contributed by atoms with Crippen LogP contribution in [0.5, 0.6) is 0 Å². The number of methoxy groups -OCH3 is 1. The molecule has 1 saturated carbocycles. The minimum absolute atomic E-state index is 0.152. The van der Waals surface area contributed by atoms with E-state index < -0.39 is 0 Å². The van der Waals surface area contributed by atoms with Crippen LogP contribution in [-0.2, 0) is 9.53 Å². The van der Waals surface area contributed by atoms with Gasteiger partial charge < -0.3 is 4.74 Å². The normalized spacial score (nSPS) is 17.7. The Bertz CT molecular complexity index is 421. The molecule has 1 aliphatic rings. The summed E-state index contributed by atoms with van der Waals surface area (Å²) in [5.41, 5.74) is 2.78. The van der Waals surface area contributed by atoms with Crippen LogP contribution in [0.1, 0.15) is 61.3 Å². The van der Waals surface area contributed by atoms with Crippen LogP contribution >= 0.6 is 11.8 Å². The van der Waals surface area contributed by atoms with Crippen molar-refractivity contribution in [2.45, 2.75) is 50.2 Å². The van der Waals surface area contributed by atoms with Gasteiger partial charge in [-0.1, -0.05) is 43.5 Å². The van der Waals surface area contributed by atoms with Gasteiger partial charge in [0.1, 0.15) is 0 Å². The fourth-order valence-corrected chi connectivity index (χ4v) is 3.68. The Balaban J connectivity index is 1.91. The molecule has 0 aliphatic heterocycles. The highest BCUT2D eigenvalue weighted by Gasteiger charge is 2.16. The van der Waals surface area contributed by atoms with Crippen molar-refractivity contribution in [2.75, 3.05) is 12.9 Å². The average Bonchev–Trinajstić information content (AvgIpc) is 2.53. The van der Waals surface area contributed by atoms with Gasteiger partial charge in [0.15, 0.2) is 0 Å². The molecule has 20 heavy (non-hydrogen) atoms.